The first-order valence-corrected chi connectivity index (χ1v) is 12.0. The Morgan fingerprint density at radius 1 is 1.14 bits per heavy atom. The van der Waals surface area contributed by atoms with Gasteiger partial charge in [-0.25, -0.2) is 8.42 Å². The first kappa shape index (κ1) is 21.6. The molecule has 0 unspecified atom stereocenters. The zero-order valence-electron chi connectivity index (χ0n) is 16.2. The lowest BCUT2D eigenvalue weighted by atomic mass is 9.98. The fraction of sp³-hybridized carbons (Fsp3) is 0.650. The lowest BCUT2D eigenvalue weighted by Crippen LogP contribution is -2.29. The monoisotopic (exact) mass is 428 g/mol. The first-order chi connectivity index (χ1) is 13.5. The maximum absolute atomic E-state index is 12.8. The third kappa shape index (κ3) is 5.47. The van der Waals surface area contributed by atoms with Crippen LogP contribution < -0.4 is 5.32 Å². The van der Waals surface area contributed by atoms with Gasteiger partial charge in [0.1, 0.15) is 4.90 Å². The van der Waals surface area contributed by atoms with E-state index in [-0.39, 0.29) is 15.8 Å². The van der Waals surface area contributed by atoms with Crippen molar-refractivity contribution >= 4 is 27.5 Å². The number of hydrogen-bond acceptors (Lipinski definition) is 4. The SMILES string of the molecule is O=C(NCCCOC1CCCCC1)c1ccc(Cl)c(S(=O)(=O)N2CCCC2)c1. The van der Waals surface area contributed by atoms with Crippen molar-refractivity contribution < 1.29 is 17.9 Å². The molecule has 1 amide bonds. The second-order valence-electron chi connectivity index (χ2n) is 7.50. The molecule has 156 valence electrons. The number of benzene rings is 1. The molecule has 2 fully saturated rings. The number of hydrogen-bond donors (Lipinski definition) is 1. The summed E-state index contributed by atoms with van der Waals surface area (Å²) < 4.78 is 32.8. The molecule has 0 bridgehead atoms. The summed E-state index contributed by atoms with van der Waals surface area (Å²) in [5.41, 5.74) is 0.301. The van der Waals surface area contributed by atoms with Gasteiger partial charge in [0, 0.05) is 31.8 Å². The van der Waals surface area contributed by atoms with Crippen molar-refractivity contribution in [3.05, 3.63) is 28.8 Å². The Labute approximate surface area is 172 Å². The number of halogens is 1. The van der Waals surface area contributed by atoms with Gasteiger partial charge in [-0.2, -0.15) is 4.31 Å². The van der Waals surface area contributed by atoms with E-state index in [2.05, 4.69) is 5.32 Å². The predicted octanol–water partition coefficient (Wildman–Crippen LogP) is 3.59. The molecule has 6 nitrogen and oxygen atoms in total. The van der Waals surface area contributed by atoms with Crippen molar-refractivity contribution in [2.45, 2.75) is 62.4 Å². The van der Waals surface area contributed by atoms with Gasteiger partial charge >= 0.3 is 0 Å². The summed E-state index contributed by atoms with van der Waals surface area (Å²) in [7, 11) is -3.67. The van der Waals surface area contributed by atoms with Crippen molar-refractivity contribution in [3.8, 4) is 0 Å². The van der Waals surface area contributed by atoms with Crippen LogP contribution in [0.5, 0.6) is 0 Å². The van der Waals surface area contributed by atoms with Gasteiger partial charge in [-0.05, 0) is 50.3 Å². The molecule has 1 heterocycles. The molecule has 0 spiro atoms. The summed E-state index contributed by atoms with van der Waals surface area (Å²) in [6.07, 6.45) is 8.82. The molecular formula is C20H29ClN2O4S. The molecule has 0 atom stereocenters. The van der Waals surface area contributed by atoms with Gasteiger partial charge in [0.05, 0.1) is 11.1 Å². The molecule has 1 aliphatic carbocycles. The Morgan fingerprint density at radius 3 is 2.57 bits per heavy atom. The molecule has 2 aliphatic rings. The fourth-order valence-electron chi connectivity index (χ4n) is 3.77. The van der Waals surface area contributed by atoms with E-state index in [0.29, 0.717) is 37.9 Å². The first-order valence-electron chi connectivity index (χ1n) is 10.2. The van der Waals surface area contributed by atoms with Gasteiger partial charge in [-0.1, -0.05) is 30.9 Å². The van der Waals surface area contributed by atoms with E-state index in [1.54, 1.807) is 6.07 Å². The third-order valence-corrected chi connectivity index (χ3v) is 7.77. The molecule has 3 rings (SSSR count). The Morgan fingerprint density at radius 2 is 1.86 bits per heavy atom. The van der Waals surface area contributed by atoms with E-state index >= 15 is 0 Å². The molecule has 1 aromatic rings. The van der Waals surface area contributed by atoms with E-state index in [1.807, 2.05) is 0 Å². The smallest absolute Gasteiger partial charge is 0.251 e. The highest BCUT2D eigenvalue weighted by molar-refractivity contribution is 7.89. The molecule has 1 N–H and O–H groups in total. The maximum Gasteiger partial charge on any atom is 0.251 e. The molecule has 8 heteroatoms. The summed E-state index contributed by atoms with van der Waals surface area (Å²) in [5.74, 6) is -0.299. The average molecular weight is 429 g/mol. The third-order valence-electron chi connectivity index (χ3n) is 5.39. The van der Waals surface area contributed by atoms with E-state index in [4.69, 9.17) is 16.3 Å². The number of amides is 1. The maximum atomic E-state index is 12.8. The Bertz CT molecular complexity index is 772. The van der Waals surface area contributed by atoms with Gasteiger partial charge in [0.2, 0.25) is 10.0 Å². The number of sulfonamides is 1. The molecule has 0 radical (unpaired) electrons. The number of nitrogens with one attached hydrogen (secondary N) is 1. The van der Waals surface area contributed by atoms with Crippen molar-refractivity contribution in [2.24, 2.45) is 0 Å². The van der Waals surface area contributed by atoms with Gasteiger partial charge in [-0.15, -0.1) is 0 Å². The largest absolute Gasteiger partial charge is 0.378 e. The van der Waals surface area contributed by atoms with E-state index < -0.39 is 10.0 Å². The molecule has 28 heavy (non-hydrogen) atoms. The van der Waals surface area contributed by atoms with Crippen LogP contribution in [0.15, 0.2) is 23.1 Å². The van der Waals surface area contributed by atoms with Gasteiger partial charge in [-0.3, -0.25) is 4.79 Å². The molecule has 1 aromatic carbocycles. The zero-order chi connectivity index (χ0) is 20.0. The number of carbonyl (C=O) groups excluding carboxylic acids is 1. The van der Waals surface area contributed by atoms with Crippen LogP contribution in [0, 0.1) is 0 Å². The van der Waals surface area contributed by atoms with Crippen molar-refractivity contribution in [3.63, 3.8) is 0 Å². The summed E-state index contributed by atoms with van der Waals surface area (Å²) >= 11 is 6.13. The minimum absolute atomic E-state index is 0.00403. The highest BCUT2D eigenvalue weighted by Crippen LogP contribution is 2.28. The number of carbonyl (C=O) groups is 1. The minimum atomic E-state index is -3.67. The van der Waals surface area contributed by atoms with Crippen LogP contribution in [0.4, 0.5) is 0 Å². The van der Waals surface area contributed by atoms with Gasteiger partial charge < -0.3 is 10.1 Å². The van der Waals surface area contributed by atoms with Crippen LogP contribution in [0.25, 0.3) is 0 Å². The standard InChI is InChI=1S/C20H29ClN2O4S/c21-18-10-9-16(15-19(18)28(25,26)23-12-4-5-13-23)20(24)22-11-6-14-27-17-7-2-1-3-8-17/h9-10,15,17H,1-8,11-14H2,(H,22,24). The molecule has 1 aliphatic heterocycles. The lowest BCUT2D eigenvalue weighted by molar-refractivity contribution is 0.0273. The minimum Gasteiger partial charge on any atom is -0.378 e. The van der Waals surface area contributed by atoms with Crippen molar-refractivity contribution in [1.29, 1.82) is 0 Å². The van der Waals surface area contributed by atoms with Crippen LogP contribution in [0.3, 0.4) is 0 Å². The van der Waals surface area contributed by atoms with Crippen LogP contribution in [0.2, 0.25) is 5.02 Å². The predicted molar refractivity (Wildman–Crippen MR) is 109 cm³/mol. The topological polar surface area (TPSA) is 75.7 Å². The summed E-state index contributed by atoms with van der Waals surface area (Å²) in [6, 6.07) is 4.41. The van der Waals surface area contributed by atoms with Crippen LogP contribution in [-0.4, -0.2) is 51.0 Å². The van der Waals surface area contributed by atoms with Gasteiger partial charge in [0.15, 0.2) is 0 Å². The zero-order valence-corrected chi connectivity index (χ0v) is 17.7. The molecule has 1 saturated carbocycles. The highest BCUT2D eigenvalue weighted by atomic mass is 35.5. The Balaban J connectivity index is 1.52. The number of rotatable bonds is 8. The number of ether oxygens (including phenoxy) is 1. The second-order valence-corrected chi connectivity index (χ2v) is 9.81. The summed E-state index contributed by atoms with van der Waals surface area (Å²) in [6.45, 7) is 2.11. The second kappa shape index (κ2) is 10.1. The van der Waals surface area contributed by atoms with Crippen molar-refractivity contribution in [2.75, 3.05) is 26.2 Å². The quantitative estimate of drug-likeness (QED) is 0.642. The van der Waals surface area contributed by atoms with Gasteiger partial charge in [0.25, 0.3) is 5.91 Å². The Hall–Kier alpha value is -1.15. The summed E-state index contributed by atoms with van der Waals surface area (Å²) in [5, 5.41) is 2.98. The highest BCUT2D eigenvalue weighted by Gasteiger charge is 2.29. The van der Waals surface area contributed by atoms with Crippen LogP contribution in [0.1, 0.15) is 61.7 Å². The average Bonchev–Trinajstić information content (AvgIpc) is 3.24. The number of nitrogens with zero attached hydrogens (tertiary/aromatic N) is 1. The van der Waals surface area contributed by atoms with Crippen LogP contribution >= 0.6 is 11.6 Å². The summed E-state index contributed by atoms with van der Waals surface area (Å²) in [4.78, 5) is 12.4. The molecule has 1 saturated heterocycles. The fourth-order valence-corrected chi connectivity index (χ4v) is 5.79. The lowest BCUT2D eigenvalue weighted by Gasteiger charge is -2.21. The Kier molecular flexibility index (Phi) is 7.74. The molecular weight excluding hydrogens is 400 g/mol. The van der Waals surface area contributed by atoms with Crippen LogP contribution in [-0.2, 0) is 14.8 Å². The van der Waals surface area contributed by atoms with E-state index in [1.165, 1.54) is 35.7 Å². The molecule has 0 aromatic heterocycles. The van der Waals surface area contributed by atoms with E-state index in [0.717, 1.165) is 32.1 Å². The normalized spacial score (nSPS) is 19.0. The van der Waals surface area contributed by atoms with E-state index in [9.17, 15) is 13.2 Å². The van der Waals surface area contributed by atoms with Crippen molar-refractivity contribution in [1.82, 2.24) is 9.62 Å².